The number of fused-ring (bicyclic) bond motifs is 1. The number of para-hydroxylation sites is 1. The van der Waals surface area contributed by atoms with E-state index >= 15 is 0 Å². The Morgan fingerprint density at radius 2 is 1.82 bits per heavy atom. The third kappa shape index (κ3) is 2.46. The number of hydrogen-bond acceptors (Lipinski definition) is 4. The van der Waals surface area contributed by atoms with Crippen molar-refractivity contribution in [3.05, 3.63) is 64.7 Å². The Morgan fingerprint density at radius 1 is 1.14 bits per heavy atom. The maximum absolute atomic E-state index is 12.1. The van der Waals surface area contributed by atoms with Gasteiger partial charge in [-0.25, -0.2) is 4.79 Å². The van der Waals surface area contributed by atoms with Crippen LogP contribution in [-0.4, -0.2) is 24.6 Å². The minimum Gasteiger partial charge on any atom is -0.312 e. The van der Waals surface area contributed by atoms with Gasteiger partial charge in [0.15, 0.2) is 5.71 Å². The smallest absolute Gasteiger partial charge is 0.312 e. The predicted molar refractivity (Wildman–Crippen MR) is 83.3 cm³/mol. The number of rotatable bonds is 2. The van der Waals surface area contributed by atoms with Crippen LogP contribution < -0.4 is 4.90 Å². The first-order valence-electron chi connectivity index (χ1n) is 6.50. The lowest BCUT2D eigenvalue weighted by Gasteiger charge is -2.07. The van der Waals surface area contributed by atoms with Crippen LogP contribution in [0.2, 0.25) is 5.02 Å². The van der Waals surface area contributed by atoms with Gasteiger partial charge in [-0.05, 0) is 30.3 Å². The first-order valence-corrected chi connectivity index (χ1v) is 6.88. The van der Waals surface area contributed by atoms with Crippen LogP contribution >= 0.6 is 11.6 Å². The summed E-state index contributed by atoms with van der Waals surface area (Å²) >= 11 is 5.76. The fraction of sp³-hybridized carbons (Fsp3) is 0.0625. The average molecular weight is 315 g/mol. The fourth-order valence-corrected chi connectivity index (χ4v) is 2.29. The molecular formula is C16H11ClN2O3. The van der Waals surface area contributed by atoms with Crippen molar-refractivity contribution in [1.82, 2.24) is 0 Å². The summed E-state index contributed by atoms with van der Waals surface area (Å²) in [6, 6.07) is 13.4. The Labute approximate surface area is 131 Å². The second-order valence-corrected chi connectivity index (χ2v) is 5.14. The Balaban J connectivity index is 1.85. The first-order chi connectivity index (χ1) is 10.6. The molecule has 1 amide bonds. The van der Waals surface area contributed by atoms with Crippen LogP contribution in [0.15, 0.2) is 53.7 Å². The van der Waals surface area contributed by atoms with Gasteiger partial charge in [0.05, 0.1) is 11.3 Å². The minimum atomic E-state index is -0.649. The molecule has 1 aliphatic rings. The molecule has 0 aliphatic carbocycles. The monoisotopic (exact) mass is 314 g/mol. The lowest BCUT2D eigenvalue weighted by atomic mass is 10.1. The summed E-state index contributed by atoms with van der Waals surface area (Å²) in [5, 5.41) is 4.26. The summed E-state index contributed by atoms with van der Waals surface area (Å²) in [5.74, 6) is -0.964. The van der Waals surface area contributed by atoms with E-state index in [1.165, 1.54) is 17.0 Å². The van der Waals surface area contributed by atoms with Crippen molar-refractivity contribution in [2.45, 2.75) is 0 Å². The molecule has 110 valence electrons. The highest BCUT2D eigenvalue weighted by Gasteiger charge is 2.32. The average Bonchev–Trinajstić information content (AvgIpc) is 2.78. The second-order valence-electron chi connectivity index (χ2n) is 4.71. The zero-order chi connectivity index (χ0) is 15.7. The van der Waals surface area contributed by atoms with Gasteiger partial charge < -0.3 is 9.74 Å². The molecular weight excluding hydrogens is 304 g/mol. The Kier molecular flexibility index (Phi) is 3.65. The molecule has 6 heteroatoms. The van der Waals surface area contributed by atoms with E-state index < -0.39 is 5.97 Å². The Hall–Kier alpha value is -2.66. The predicted octanol–water partition coefficient (Wildman–Crippen LogP) is 2.88. The topological polar surface area (TPSA) is 59.0 Å². The largest absolute Gasteiger partial charge is 0.365 e. The van der Waals surface area contributed by atoms with Crippen molar-refractivity contribution in [1.29, 1.82) is 0 Å². The highest BCUT2D eigenvalue weighted by molar-refractivity contribution is 6.54. The van der Waals surface area contributed by atoms with Crippen molar-refractivity contribution >= 4 is 34.9 Å². The van der Waals surface area contributed by atoms with Gasteiger partial charge in [-0.3, -0.25) is 4.79 Å². The van der Waals surface area contributed by atoms with Crippen LogP contribution in [-0.2, 0) is 9.63 Å². The van der Waals surface area contributed by atoms with E-state index in [2.05, 4.69) is 5.16 Å². The van der Waals surface area contributed by atoms with Gasteiger partial charge in [-0.15, -0.1) is 0 Å². The molecule has 1 aliphatic heterocycles. The molecule has 0 saturated carbocycles. The summed E-state index contributed by atoms with van der Waals surface area (Å²) in [6.07, 6.45) is 0. The van der Waals surface area contributed by atoms with Gasteiger partial charge in [0.1, 0.15) is 0 Å². The lowest BCUT2D eigenvalue weighted by Crippen LogP contribution is -2.25. The second kappa shape index (κ2) is 5.61. The molecule has 22 heavy (non-hydrogen) atoms. The van der Waals surface area contributed by atoms with E-state index in [9.17, 15) is 9.59 Å². The van der Waals surface area contributed by atoms with Crippen molar-refractivity contribution in [2.24, 2.45) is 5.16 Å². The van der Waals surface area contributed by atoms with Gasteiger partial charge in [0.25, 0.3) is 5.91 Å². The van der Waals surface area contributed by atoms with Crippen LogP contribution in [0.5, 0.6) is 0 Å². The number of amides is 1. The van der Waals surface area contributed by atoms with Crippen molar-refractivity contribution in [2.75, 3.05) is 11.9 Å². The lowest BCUT2D eigenvalue weighted by molar-refractivity contribution is -0.112. The van der Waals surface area contributed by atoms with E-state index in [1.54, 1.807) is 37.4 Å². The third-order valence-electron chi connectivity index (χ3n) is 3.33. The molecule has 1 heterocycles. The number of anilines is 1. The van der Waals surface area contributed by atoms with Gasteiger partial charge in [-0.2, -0.15) is 0 Å². The molecule has 0 bridgehead atoms. The van der Waals surface area contributed by atoms with E-state index in [0.29, 0.717) is 16.1 Å². The third-order valence-corrected chi connectivity index (χ3v) is 3.58. The number of likely N-dealkylation sites (N-methyl/N-ethyl adjacent to an activating group) is 1. The van der Waals surface area contributed by atoms with Crippen molar-refractivity contribution in [3.8, 4) is 0 Å². The molecule has 0 N–H and O–H groups in total. The molecule has 3 rings (SSSR count). The molecule has 0 atom stereocenters. The standard InChI is InChI=1S/C16H11ClN2O3/c1-19-13-5-3-2-4-12(13)14(15(19)20)18-22-16(21)10-6-8-11(17)9-7-10/h2-9H,1H3/b18-14+. The molecule has 2 aromatic rings. The number of hydrogen-bond donors (Lipinski definition) is 0. The SMILES string of the molecule is CN1C(=O)/C(=N/OC(=O)c2ccc(Cl)cc2)c2ccccc21. The number of benzene rings is 2. The quantitative estimate of drug-likeness (QED) is 0.632. The van der Waals surface area contributed by atoms with Gasteiger partial charge in [0.2, 0.25) is 0 Å². The maximum atomic E-state index is 12.1. The van der Waals surface area contributed by atoms with Crippen LogP contribution in [0.25, 0.3) is 0 Å². The highest BCUT2D eigenvalue weighted by atomic mass is 35.5. The Morgan fingerprint density at radius 3 is 2.55 bits per heavy atom. The highest BCUT2D eigenvalue weighted by Crippen LogP contribution is 2.27. The fourth-order valence-electron chi connectivity index (χ4n) is 2.16. The van der Waals surface area contributed by atoms with E-state index in [1.807, 2.05) is 6.07 Å². The van der Waals surface area contributed by atoms with E-state index in [4.69, 9.17) is 16.4 Å². The number of oxime groups is 1. The van der Waals surface area contributed by atoms with Crippen LogP contribution in [0.4, 0.5) is 5.69 Å². The van der Waals surface area contributed by atoms with Crippen molar-refractivity contribution < 1.29 is 14.4 Å². The number of halogens is 1. The summed E-state index contributed by atoms with van der Waals surface area (Å²) in [4.78, 5) is 30.4. The molecule has 0 fully saturated rings. The van der Waals surface area contributed by atoms with Gasteiger partial charge in [0, 0.05) is 17.6 Å². The van der Waals surface area contributed by atoms with E-state index in [0.717, 1.165) is 5.69 Å². The van der Waals surface area contributed by atoms with Crippen molar-refractivity contribution in [3.63, 3.8) is 0 Å². The Bertz CT molecular complexity index is 784. The first kappa shape index (κ1) is 14.3. The summed E-state index contributed by atoms with van der Waals surface area (Å²) in [6.45, 7) is 0. The summed E-state index contributed by atoms with van der Waals surface area (Å²) < 4.78 is 0. The number of carbonyl (C=O) groups excluding carboxylic acids is 2. The van der Waals surface area contributed by atoms with Crippen LogP contribution in [0.1, 0.15) is 15.9 Å². The molecule has 2 aromatic carbocycles. The normalized spacial score (nSPS) is 15.1. The summed E-state index contributed by atoms with van der Waals surface area (Å²) in [7, 11) is 1.64. The molecule has 0 unspecified atom stereocenters. The maximum Gasteiger partial charge on any atom is 0.365 e. The zero-order valence-corrected chi connectivity index (χ0v) is 12.4. The minimum absolute atomic E-state index is 0.111. The molecule has 5 nitrogen and oxygen atoms in total. The number of nitrogens with zero attached hydrogens (tertiary/aromatic N) is 2. The number of carbonyl (C=O) groups is 2. The zero-order valence-electron chi connectivity index (χ0n) is 11.6. The van der Waals surface area contributed by atoms with Crippen LogP contribution in [0, 0.1) is 0 Å². The summed E-state index contributed by atoms with van der Waals surface area (Å²) in [5.41, 5.74) is 1.79. The molecule has 0 radical (unpaired) electrons. The van der Waals surface area contributed by atoms with Crippen LogP contribution in [0.3, 0.4) is 0 Å². The molecule has 0 aromatic heterocycles. The van der Waals surface area contributed by atoms with Gasteiger partial charge in [-0.1, -0.05) is 35.0 Å². The molecule has 0 spiro atoms. The van der Waals surface area contributed by atoms with E-state index in [-0.39, 0.29) is 11.6 Å². The molecule has 0 saturated heterocycles. The van der Waals surface area contributed by atoms with Gasteiger partial charge >= 0.3 is 5.97 Å².